The van der Waals surface area contributed by atoms with Crippen molar-refractivity contribution in [3.8, 4) is 5.75 Å². The van der Waals surface area contributed by atoms with Gasteiger partial charge >= 0.3 is 0 Å². The van der Waals surface area contributed by atoms with E-state index in [4.69, 9.17) is 4.11 Å². The van der Waals surface area contributed by atoms with E-state index in [1.807, 2.05) is 0 Å². The molecule has 0 aromatic heterocycles. The van der Waals surface area contributed by atoms with Crippen molar-refractivity contribution in [2.75, 3.05) is 7.04 Å². The van der Waals surface area contributed by atoms with Gasteiger partial charge in [-0.3, -0.25) is 0 Å². The van der Waals surface area contributed by atoms with E-state index in [-0.39, 0.29) is 16.6 Å². The van der Waals surface area contributed by atoms with Crippen LogP contribution in [0.5, 0.6) is 5.75 Å². The minimum absolute atomic E-state index is 0.0126. The summed E-state index contributed by atoms with van der Waals surface area (Å²) in [5.74, 6) is -2.04. The molecule has 0 saturated carbocycles. The number of benzene rings is 1. The maximum atomic E-state index is 13.2. The maximum Gasteiger partial charge on any atom is 0.133 e. The fraction of sp³-hybridized carbons (Fsp3) is 0.250. The third-order valence-electron chi connectivity index (χ3n) is 1.37. The third kappa shape index (κ3) is 1.75. The summed E-state index contributed by atoms with van der Waals surface area (Å²) < 4.78 is 51.0. The van der Waals surface area contributed by atoms with Crippen molar-refractivity contribution in [3.63, 3.8) is 0 Å². The summed E-state index contributed by atoms with van der Waals surface area (Å²) in [6.07, 6.45) is 0. The summed E-state index contributed by atoms with van der Waals surface area (Å²) in [4.78, 5) is 0. The molecule has 0 spiro atoms. The van der Waals surface area contributed by atoms with Crippen molar-refractivity contribution < 1.29 is 17.6 Å². The monoisotopic (exact) mass is 239 g/mol. The van der Waals surface area contributed by atoms with Crippen LogP contribution in [-0.4, -0.2) is 7.04 Å². The Bertz CT molecular complexity index is 344. The van der Waals surface area contributed by atoms with Gasteiger partial charge in [0, 0.05) is 23.0 Å². The van der Waals surface area contributed by atoms with Gasteiger partial charge in [-0.05, 0) is 0 Å². The minimum atomic E-state index is -2.71. The highest BCUT2D eigenvalue weighted by Gasteiger charge is 2.09. The van der Waals surface area contributed by atoms with E-state index in [2.05, 4.69) is 20.7 Å². The van der Waals surface area contributed by atoms with Crippen LogP contribution in [0.15, 0.2) is 12.1 Å². The Morgan fingerprint density at radius 1 is 1.50 bits per heavy atom. The van der Waals surface area contributed by atoms with E-state index in [1.54, 1.807) is 0 Å². The lowest BCUT2D eigenvalue weighted by Crippen LogP contribution is -1.94. The van der Waals surface area contributed by atoms with E-state index in [0.29, 0.717) is 0 Å². The minimum Gasteiger partial charge on any atom is -0.497 e. The normalized spacial score (nSPS) is 14.8. The van der Waals surface area contributed by atoms with Crippen LogP contribution < -0.4 is 4.74 Å². The van der Waals surface area contributed by atoms with Crippen LogP contribution in [0.25, 0.3) is 0 Å². The molecule has 4 heteroatoms. The van der Waals surface area contributed by atoms with E-state index < -0.39 is 18.7 Å². The molecule has 1 rings (SSSR count). The number of rotatable bonds is 2. The SMILES string of the molecule is [2H]C([2H])([2H])Oc1cc(F)c(CBr)c(F)c1. The second kappa shape index (κ2) is 3.85. The van der Waals surface area contributed by atoms with Crippen molar-refractivity contribution >= 4 is 15.9 Å². The Kier molecular flexibility index (Phi) is 1.90. The number of ether oxygens (including phenoxy) is 1. The van der Waals surface area contributed by atoms with Gasteiger partial charge in [0.1, 0.15) is 17.4 Å². The highest BCUT2D eigenvalue weighted by Crippen LogP contribution is 2.21. The number of hydrogen-bond donors (Lipinski definition) is 0. The molecule has 0 bridgehead atoms. The summed E-state index contributed by atoms with van der Waals surface area (Å²) in [6, 6.07) is 1.68. The van der Waals surface area contributed by atoms with Crippen LogP contribution in [0.4, 0.5) is 8.78 Å². The first kappa shape index (κ1) is 5.91. The summed E-state index contributed by atoms with van der Waals surface area (Å²) in [6.45, 7) is 0. The fourth-order valence-electron chi connectivity index (χ4n) is 0.766. The number of hydrogen-bond acceptors (Lipinski definition) is 1. The van der Waals surface area contributed by atoms with E-state index in [9.17, 15) is 8.78 Å². The average Bonchev–Trinajstić information content (AvgIpc) is 1.99. The van der Waals surface area contributed by atoms with Crippen LogP contribution in [0.3, 0.4) is 0 Å². The van der Waals surface area contributed by atoms with Crippen LogP contribution in [0, 0.1) is 11.6 Å². The second-order valence-electron chi connectivity index (χ2n) is 2.10. The average molecular weight is 240 g/mol. The molecule has 0 heterocycles. The molecule has 66 valence electrons. The zero-order valence-electron chi connectivity index (χ0n) is 8.90. The Balaban J connectivity index is 3.04. The molecule has 0 aliphatic rings. The number of methoxy groups -OCH3 is 1. The van der Waals surface area contributed by atoms with Gasteiger partial charge in [-0.1, -0.05) is 15.9 Å². The van der Waals surface area contributed by atoms with Gasteiger partial charge in [0.05, 0.1) is 11.2 Å². The Morgan fingerprint density at radius 3 is 2.50 bits per heavy atom. The quantitative estimate of drug-likeness (QED) is 0.722. The molecular formula is C8H7BrF2O. The van der Waals surface area contributed by atoms with Crippen LogP contribution in [0.2, 0.25) is 0 Å². The van der Waals surface area contributed by atoms with E-state index >= 15 is 0 Å². The fourth-order valence-corrected chi connectivity index (χ4v) is 1.30. The molecule has 12 heavy (non-hydrogen) atoms. The number of halogens is 3. The summed E-state index contributed by atoms with van der Waals surface area (Å²) in [7, 11) is -2.71. The van der Waals surface area contributed by atoms with Crippen molar-refractivity contribution in [1.82, 2.24) is 0 Å². The Morgan fingerprint density at radius 2 is 2.08 bits per heavy atom. The van der Waals surface area contributed by atoms with Crippen molar-refractivity contribution in [2.45, 2.75) is 5.33 Å². The van der Waals surface area contributed by atoms with Crippen molar-refractivity contribution in [1.29, 1.82) is 0 Å². The first-order valence-corrected chi connectivity index (χ1v) is 4.18. The summed E-state index contributed by atoms with van der Waals surface area (Å²) in [5.41, 5.74) is -0.159. The molecule has 0 N–H and O–H groups in total. The molecule has 0 amide bonds. The van der Waals surface area contributed by atoms with Gasteiger partial charge in [0.2, 0.25) is 0 Å². The summed E-state index contributed by atoms with van der Waals surface area (Å²) >= 11 is 2.91. The van der Waals surface area contributed by atoms with Crippen LogP contribution >= 0.6 is 15.9 Å². The molecule has 1 aromatic rings. The molecule has 0 radical (unpaired) electrons. The summed E-state index contributed by atoms with van der Waals surface area (Å²) in [5, 5.41) is 0.0126. The van der Waals surface area contributed by atoms with Gasteiger partial charge in [-0.15, -0.1) is 0 Å². The Hall–Kier alpha value is -0.640. The number of alkyl halides is 1. The molecule has 0 fully saturated rings. The van der Waals surface area contributed by atoms with Gasteiger partial charge < -0.3 is 4.74 Å². The highest BCUT2D eigenvalue weighted by molar-refractivity contribution is 9.08. The first-order chi connectivity index (χ1) is 6.83. The molecular weight excluding hydrogens is 230 g/mol. The van der Waals surface area contributed by atoms with E-state index in [1.165, 1.54) is 0 Å². The standard InChI is InChI=1S/C8H7BrF2O/c1-12-5-2-7(10)6(4-9)8(11)3-5/h2-3H,4H2,1H3/i1D3. The van der Waals surface area contributed by atoms with Gasteiger partial charge in [0.25, 0.3) is 0 Å². The molecule has 0 atom stereocenters. The van der Waals surface area contributed by atoms with Gasteiger partial charge in [0.15, 0.2) is 0 Å². The smallest absolute Gasteiger partial charge is 0.133 e. The molecule has 0 unspecified atom stereocenters. The van der Waals surface area contributed by atoms with Gasteiger partial charge in [-0.25, -0.2) is 8.78 Å². The first-order valence-electron chi connectivity index (χ1n) is 4.56. The molecule has 0 aliphatic heterocycles. The highest BCUT2D eigenvalue weighted by atomic mass is 79.9. The zero-order chi connectivity index (χ0) is 11.6. The second-order valence-corrected chi connectivity index (χ2v) is 2.66. The van der Waals surface area contributed by atoms with E-state index in [0.717, 1.165) is 12.1 Å². The third-order valence-corrected chi connectivity index (χ3v) is 1.93. The zero-order valence-corrected chi connectivity index (χ0v) is 7.49. The van der Waals surface area contributed by atoms with Crippen molar-refractivity contribution in [3.05, 3.63) is 29.3 Å². The van der Waals surface area contributed by atoms with Gasteiger partial charge in [-0.2, -0.15) is 0 Å². The molecule has 1 nitrogen and oxygen atoms in total. The lowest BCUT2D eigenvalue weighted by molar-refractivity contribution is 0.405. The Labute approximate surface area is 81.7 Å². The van der Waals surface area contributed by atoms with Crippen LogP contribution in [0.1, 0.15) is 9.68 Å². The lowest BCUT2D eigenvalue weighted by atomic mass is 10.2. The lowest BCUT2D eigenvalue weighted by Gasteiger charge is -2.04. The maximum absolute atomic E-state index is 13.2. The molecule has 0 saturated heterocycles. The molecule has 0 aliphatic carbocycles. The largest absolute Gasteiger partial charge is 0.497 e. The van der Waals surface area contributed by atoms with Crippen LogP contribution in [-0.2, 0) is 5.33 Å². The topological polar surface area (TPSA) is 9.23 Å². The van der Waals surface area contributed by atoms with Crippen molar-refractivity contribution in [2.24, 2.45) is 0 Å². The molecule has 1 aromatic carbocycles. The predicted octanol–water partition coefficient (Wildman–Crippen LogP) is 2.87. The predicted molar refractivity (Wildman–Crippen MR) is 45.5 cm³/mol.